The molecule has 0 fully saturated rings. The molecule has 2 heteroatoms. The van der Waals surface area contributed by atoms with Crippen molar-refractivity contribution in [3.05, 3.63) is 11.8 Å². The minimum atomic E-state index is 0.691. The van der Waals surface area contributed by atoms with Gasteiger partial charge in [-0.1, -0.05) is 6.92 Å². The van der Waals surface area contributed by atoms with Crippen molar-refractivity contribution in [2.24, 2.45) is 5.92 Å². The molecule has 1 aliphatic rings. The lowest BCUT2D eigenvalue weighted by Crippen LogP contribution is -2.06. The molecule has 0 amide bonds. The molecule has 0 spiro atoms. The molecule has 0 heterocycles. The predicted molar refractivity (Wildman–Crippen MR) is 42.1 cm³/mol. The van der Waals surface area contributed by atoms with Crippen LogP contribution in [0.25, 0.3) is 0 Å². The van der Waals surface area contributed by atoms with Crippen molar-refractivity contribution < 1.29 is 4.43 Å². The van der Waals surface area contributed by atoms with Crippen molar-refractivity contribution in [3.8, 4) is 0 Å². The maximum absolute atomic E-state index is 5.30. The third-order valence-corrected chi connectivity index (χ3v) is 2.38. The number of rotatable bonds is 1. The molecule has 52 valence electrons. The summed E-state index contributed by atoms with van der Waals surface area (Å²) in [6.07, 6.45) is 6.12. The highest BCUT2D eigenvalue weighted by molar-refractivity contribution is 5.98. The molecule has 0 saturated carbocycles. The third-order valence-electron chi connectivity index (χ3n) is 1.91. The van der Waals surface area contributed by atoms with Gasteiger partial charge in [0.15, 0.2) is 0 Å². The van der Waals surface area contributed by atoms with Gasteiger partial charge in [-0.2, -0.15) is 0 Å². The molecule has 1 rings (SSSR count). The maximum Gasteiger partial charge on any atom is 0.203 e. The second kappa shape index (κ2) is 3.06. The molecule has 1 unspecified atom stereocenters. The minimum Gasteiger partial charge on any atom is -0.556 e. The molecular weight excluding hydrogens is 128 g/mol. The van der Waals surface area contributed by atoms with E-state index in [9.17, 15) is 0 Å². The van der Waals surface area contributed by atoms with Crippen LogP contribution in [0.5, 0.6) is 0 Å². The van der Waals surface area contributed by atoms with Crippen LogP contribution in [-0.4, -0.2) is 10.5 Å². The largest absolute Gasteiger partial charge is 0.556 e. The molecule has 0 aromatic heterocycles. The van der Waals surface area contributed by atoms with Crippen molar-refractivity contribution in [1.82, 2.24) is 0 Å². The normalized spacial score (nSPS) is 27.7. The zero-order valence-electron chi connectivity index (χ0n) is 6.18. The van der Waals surface area contributed by atoms with Crippen molar-refractivity contribution in [3.63, 3.8) is 0 Å². The topological polar surface area (TPSA) is 9.23 Å². The van der Waals surface area contributed by atoms with Gasteiger partial charge in [0.25, 0.3) is 0 Å². The molecule has 0 aromatic rings. The summed E-state index contributed by atoms with van der Waals surface area (Å²) in [6, 6.07) is 0. The van der Waals surface area contributed by atoms with Gasteiger partial charge in [-0.15, -0.1) is 0 Å². The van der Waals surface area contributed by atoms with Gasteiger partial charge < -0.3 is 4.43 Å². The van der Waals surface area contributed by atoms with E-state index >= 15 is 0 Å². The molecule has 0 aromatic carbocycles. The van der Waals surface area contributed by atoms with Crippen molar-refractivity contribution in [1.29, 1.82) is 0 Å². The zero-order chi connectivity index (χ0) is 6.69. The first-order valence-corrected chi connectivity index (χ1v) is 4.40. The van der Waals surface area contributed by atoms with Crippen LogP contribution >= 0.6 is 0 Å². The molecule has 0 N–H and O–H groups in total. The Bertz CT molecular complexity index is 120. The summed E-state index contributed by atoms with van der Waals surface area (Å²) >= 11 is 0. The van der Waals surface area contributed by atoms with Gasteiger partial charge in [-0.05, 0) is 25.3 Å². The van der Waals surface area contributed by atoms with E-state index in [-0.39, 0.29) is 0 Å². The van der Waals surface area contributed by atoms with Gasteiger partial charge in [0.2, 0.25) is 10.5 Å². The highest BCUT2D eigenvalue weighted by Crippen LogP contribution is 2.23. The fourth-order valence-electron chi connectivity index (χ4n) is 1.30. The third kappa shape index (κ3) is 1.58. The summed E-state index contributed by atoms with van der Waals surface area (Å²) in [5, 5.41) is 0. The quantitative estimate of drug-likeness (QED) is 0.496. The molecule has 0 radical (unpaired) electrons. The summed E-state index contributed by atoms with van der Waals surface area (Å²) in [5.41, 5.74) is 0. The minimum absolute atomic E-state index is 0.691. The van der Waals surface area contributed by atoms with Crippen LogP contribution in [0.15, 0.2) is 11.8 Å². The van der Waals surface area contributed by atoms with E-state index in [2.05, 4.69) is 13.0 Å². The van der Waals surface area contributed by atoms with E-state index in [1.165, 1.54) is 25.0 Å². The Morgan fingerprint density at radius 1 is 1.78 bits per heavy atom. The Morgan fingerprint density at radius 2 is 2.56 bits per heavy atom. The average molecular weight is 142 g/mol. The molecule has 9 heavy (non-hydrogen) atoms. The van der Waals surface area contributed by atoms with Crippen LogP contribution in [0.2, 0.25) is 0 Å². The van der Waals surface area contributed by atoms with Crippen molar-refractivity contribution >= 4 is 10.5 Å². The van der Waals surface area contributed by atoms with E-state index in [1.807, 2.05) is 0 Å². The van der Waals surface area contributed by atoms with Gasteiger partial charge >= 0.3 is 0 Å². The highest BCUT2D eigenvalue weighted by atomic mass is 28.2. The summed E-state index contributed by atoms with van der Waals surface area (Å²) in [6.45, 7) is 2.24. The maximum atomic E-state index is 5.30. The zero-order valence-corrected chi connectivity index (χ0v) is 8.18. The second-order valence-corrected chi connectivity index (χ2v) is 3.05. The van der Waals surface area contributed by atoms with E-state index in [1.54, 1.807) is 0 Å². The Kier molecular flexibility index (Phi) is 2.34. The van der Waals surface area contributed by atoms with Crippen LogP contribution in [0.3, 0.4) is 0 Å². The smallest absolute Gasteiger partial charge is 0.203 e. The van der Waals surface area contributed by atoms with Crippen LogP contribution in [0.4, 0.5) is 0 Å². The average Bonchev–Trinajstić information content (AvgIpc) is 1.89. The number of hydrogen-bond donors (Lipinski definition) is 0. The van der Waals surface area contributed by atoms with Gasteiger partial charge in [0.05, 0.1) is 5.76 Å². The second-order valence-electron chi connectivity index (χ2n) is 2.64. The van der Waals surface area contributed by atoms with Gasteiger partial charge in [0, 0.05) is 5.92 Å². The number of allylic oxidation sites excluding steroid dienone is 2. The van der Waals surface area contributed by atoms with Crippen LogP contribution in [0.1, 0.15) is 26.2 Å². The molecular formula is C7H14OSi. The van der Waals surface area contributed by atoms with Gasteiger partial charge in [-0.25, -0.2) is 0 Å². The van der Waals surface area contributed by atoms with Crippen LogP contribution < -0.4 is 0 Å². The molecule has 1 aliphatic carbocycles. The summed E-state index contributed by atoms with van der Waals surface area (Å²) in [4.78, 5) is 0. The first-order chi connectivity index (χ1) is 4.34. The highest BCUT2D eigenvalue weighted by Gasteiger charge is 2.11. The summed E-state index contributed by atoms with van der Waals surface area (Å²) in [7, 11) is 0.850. The van der Waals surface area contributed by atoms with E-state index in [0.29, 0.717) is 5.92 Å². The molecule has 0 bridgehead atoms. The molecule has 1 atom stereocenters. The van der Waals surface area contributed by atoms with Gasteiger partial charge in [-0.3, -0.25) is 0 Å². The first-order valence-electron chi connectivity index (χ1n) is 3.58. The molecule has 1 nitrogen and oxygen atoms in total. The lowest BCUT2D eigenvalue weighted by molar-refractivity contribution is 0.352. The fraction of sp³-hybridized carbons (Fsp3) is 0.714. The first kappa shape index (κ1) is 6.87. The monoisotopic (exact) mass is 142 g/mol. The lowest BCUT2D eigenvalue weighted by atomic mass is 9.96. The predicted octanol–water partition coefficient (Wildman–Crippen LogP) is 0.987. The van der Waals surface area contributed by atoms with Crippen LogP contribution in [-0.2, 0) is 4.43 Å². The van der Waals surface area contributed by atoms with E-state index in [0.717, 1.165) is 10.5 Å². The number of hydrogen-bond acceptors (Lipinski definition) is 1. The van der Waals surface area contributed by atoms with Gasteiger partial charge in [0.1, 0.15) is 0 Å². The van der Waals surface area contributed by atoms with E-state index < -0.39 is 0 Å². The Morgan fingerprint density at radius 3 is 3.00 bits per heavy atom. The van der Waals surface area contributed by atoms with Crippen molar-refractivity contribution in [2.45, 2.75) is 26.2 Å². The van der Waals surface area contributed by atoms with Crippen molar-refractivity contribution in [2.75, 3.05) is 0 Å². The Hall–Kier alpha value is -0.243. The van der Waals surface area contributed by atoms with E-state index in [4.69, 9.17) is 4.43 Å². The summed E-state index contributed by atoms with van der Waals surface area (Å²) in [5.74, 6) is 1.93. The standard InChI is InChI=1S/C7H14OSi/c1-6-4-2-3-5-7(6)8-9/h5-6H,2-4H2,1,9H3. The Labute approximate surface area is 59.6 Å². The van der Waals surface area contributed by atoms with Crippen LogP contribution in [0, 0.1) is 5.92 Å². The summed E-state index contributed by atoms with van der Waals surface area (Å²) < 4.78 is 5.30. The fourth-order valence-corrected chi connectivity index (χ4v) is 1.87. The lowest BCUT2D eigenvalue weighted by Gasteiger charge is -2.19. The Balaban J connectivity index is 2.53. The molecule has 0 aliphatic heterocycles. The SMILES string of the molecule is CC1CCCC=C1O[SiH3]. The molecule has 0 saturated heterocycles.